The molecule has 17 heavy (non-hydrogen) atoms. The zero-order valence-electron chi connectivity index (χ0n) is 10.0. The Balaban J connectivity index is 2.36. The zero-order valence-corrected chi connectivity index (χ0v) is 10.8. The summed E-state index contributed by atoms with van der Waals surface area (Å²) in [6.07, 6.45) is 0.901. The number of hydrogen-bond donors (Lipinski definition) is 0. The first-order chi connectivity index (χ1) is 8.24. The monoisotopic (exact) mass is 245 g/mol. The highest BCUT2D eigenvalue weighted by Crippen LogP contribution is 2.31. The van der Waals surface area contributed by atoms with E-state index in [4.69, 9.17) is 0 Å². The molecule has 0 spiro atoms. The van der Waals surface area contributed by atoms with Crippen LogP contribution in [0.25, 0.3) is 0 Å². The van der Waals surface area contributed by atoms with Gasteiger partial charge in [0.2, 0.25) is 0 Å². The summed E-state index contributed by atoms with van der Waals surface area (Å²) in [5, 5.41) is 1.11. The first-order valence-electron chi connectivity index (χ1n) is 5.64. The highest BCUT2D eigenvalue weighted by molar-refractivity contribution is 7.17. The second kappa shape index (κ2) is 5.15. The fraction of sp³-hybridized carbons (Fsp3) is 0.214. The molecule has 88 valence electrons. The van der Waals surface area contributed by atoms with Gasteiger partial charge >= 0.3 is 0 Å². The van der Waals surface area contributed by atoms with E-state index in [0.717, 1.165) is 22.7 Å². The van der Waals surface area contributed by atoms with Crippen molar-refractivity contribution in [3.05, 3.63) is 46.8 Å². The smallest absolute Gasteiger partial charge is 0.160 e. The van der Waals surface area contributed by atoms with Gasteiger partial charge in [0.15, 0.2) is 6.29 Å². The number of rotatable bonds is 4. The molecule has 1 aromatic carbocycles. The van der Waals surface area contributed by atoms with E-state index in [1.165, 1.54) is 22.6 Å². The number of benzene rings is 1. The highest BCUT2D eigenvalue weighted by atomic mass is 32.1. The fourth-order valence-electron chi connectivity index (χ4n) is 1.81. The summed E-state index contributed by atoms with van der Waals surface area (Å²) in [6, 6.07) is 12.3. The molecule has 0 radical (unpaired) electrons. The van der Waals surface area contributed by atoms with Gasteiger partial charge in [-0.1, -0.05) is 12.1 Å². The molecule has 1 heterocycles. The quantitative estimate of drug-likeness (QED) is 0.758. The zero-order chi connectivity index (χ0) is 12.3. The van der Waals surface area contributed by atoms with Crippen molar-refractivity contribution in [2.24, 2.45) is 0 Å². The first-order valence-corrected chi connectivity index (χ1v) is 6.45. The van der Waals surface area contributed by atoms with Crippen LogP contribution in [0, 0.1) is 6.92 Å². The van der Waals surface area contributed by atoms with Crippen LogP contribution in [0.5, 0.6) is 0 Å². The maximum atomic E-state index is 10.7. The number of anilines is 2. The van der Waals surface area contributed by atoms with E-state index in [9.17, 15) is 4.79 Å². The molecule has 0 aliphatic heterocycles. The molecular formula is C14H15NOS. The van der Waals surface area contributed by atoms with Crippen molar-refractivity contribution in [1.29, 1.82) is 0 Å². The highest BCUT2D eigenvalue weighted by Gasteiger charge is 2.09. The number of hydrogen-bond acceptors (Lipinski definition) is 3. The van der Waals surface area contributed by atoms with Gasteiger partial charge < -0.3 is 4.90 Å². The number of carbonyl (C=O) groups is 1. The SMILES string of the molecule is CCN(c1cccc(C)c1)c1ccc(C=O)s1. The Hall–Kier alpha value is -1.61. The molecule has 0 fully saturated rings. The summed E-state index contributed by atoms with van der Waals surface area (Å²) in [5.74, 6) is 0. The second-order valence-corrected chi connectivity index (χ2v) is 4.97. The summed E-state index contributed by atoms with van der Waals surface area (Å²) >= 11 is 1.52. The topological polar surface area (TPSA) is 20.3 Å². The third-order valence-electron chi connectivity index (χ3n) is 2.62. The summed E-state index contributed by atoms with van der Waals surface area (Å²) in [6.45, 7) is 5.09. The van der Waals surface area contributed by atoms with E-state index in [1.54, 1.807) is 0 Å². The van der Waals surface area contributed by atoms with Crippen molar-refractivity contribution in [3.8, 4) is 0 Å². The Kier molecular flexibility index (Phi) is 3.59. The van der Waals surface area contributed by atoms with Crippen molar-refractivity contribution in [2.45, 2.75) is 13.8 Å². The van der Waals surface area contributed by atoms with Crippen LogP contribution in [0.2, 0.25) is 0 Å². The molecule has 0 saturated carbocycles. The minimum Gasteiger partial charge on any atom is -0.334 e. The summed E-state index contributed by atoms with van der Waals surface area (Å²) < 4.78 is 0. The van der Waals surface area contributed by atoms with Crippen molar-refractivity contribution < 1.29 is 4.79 Å². The van der Waals surface area contributed by atoms with Crippen molar-refractivity contribution in [1.82, 2.24) is 0 Å². The number of aryl methyl sites for hydroxylation is 1. The lowest BCUT2D eigenvalue weighted by Crippen LogP contribution is -2.14. The van der Waals surface area contributed by atoms with Crippen LogP contribution in [-0.2, 0) is 0 Å². The lowest BCUT2D eigenvalue weighted by molar-refractivity contribution is 0.112. The molecule has 3 heteroatoms. The molecular weight excluding hydrogens is 230 g/mol. The third-order valence-corrected chi connectivity index (χ3v) is 3.66. The van der Waals surface area contributed by atoms with Crippen LogP contribution < -0.4 is 4.90 Å². The van der Waals surface area contributed by atoms with E-state index in [2.05, 4.69) is 43.0 Å². The van der Waals surface area contributed by atoms with Crippen LogP contribution in [0.1, 0.15) is 22.2 Å². The molecule has 2 nitrogen and oxygen atoms in total. The lowest BCUT2D eigenvalue weighted by atomic mass is 10.2. The minimum absolute atomic E-state index is 0.770. The second-order valence-electron chi connectivity index (χ2n) is 3.88. The molecule has 0 bridgehead atoms. The molecule has 0 N–H and O–H groups in total. The maximum Gasteiger partial charge on any atom is 0.160 e. The Morgan fingerprint density at radius 3 is 2.71 bits per heavy atom. The van der Waals surface area contributed by atoms with Crippen molar-refractivity contribution in [3.63, 3.8) is 0 Å². The third kappa shape index (κ3) is 2.56. The van der Waals surface area contributed by atoms with Gasteiger partial charge in [-0.2, -0.15) is 0 Å². The molecule has 2 rings (SSSR count). The van der Waals surface area contributed by atoms with E-state index < -0.39 is 0 Å². The molecule has 0 amide bonds. The van der Waals surface area contributed by atoms with Gasteiger partial charge in [-0.15, -0.1) is 11.3 Å². The number of aldehydes is 1. The Morgan fingerprint density at radius 2 is 2.12 bits per heavy atom. The number of nitrogens with zero attached hydrogens (tertiary/aromatic N) is 1. The molecule has 0 aliphatic rings. The standard InChI is InChI=1S/C14H15NOS/c1-3-15(12-6-4-5-11(2)9-12)14-8-7-13(10-16)17-14/h4-10H,3H2,1-2H3. The predicted octanol–water partition coefficient (Wildman–Crippen LogP) is 4.03. The van der Waals surface area contributed by atoms with Crippen LogP contribution in [0.3, 0.4) is 0 Å². The average molecular weight is 245 g/mol. The molecule has 0 aliphatic carbocycles. The van der Waals surface area contributed by atoms with Crippen molar-refractivity contribution >= 4 is 28.3 Å². The molecule has 1 aromatic heterocycles. The first kappa shape index (κ1) is 11.9. The molecule has 2 aromatic rings. The molecule has 0 unspecified atom stereocenters. The van der Waals surface area contributed by atoms with E-state index in [-0.39, 0.29) is 0 Å². The van der Waals surface area contributed by atoms with Gasteiger partial charge in [-0.3, -0.25) is 4.79 Å². The van der Waals surface area contributed by atoms with Gasteiger partial charge in [-0.05, 0) is 43.7 Å². The van der Waals surface area contributed by atoms with Gasteiger partial charge in [0, 0.05) is 12.2 Å². The Bertz CT molecular complexity index is 518. The van der Waals surface area contributed by atoms with Crippen LogP contribution in [0.15, 0.2) is 36.4 Å². The van der Waals surface area contributed by atoms with E-state index >= 15 is 0 Å². The average Bonchev–Trinajstić information content (AvgIpc) is 2.79. The normalized spacial score (nSPS) is 10.2. The summed E-state index contributed by atoms with van der Waals surface area (Å²) in [5.41, 5.74) is 2.42. The lowest BCUT2D eigenvalue weighted by Gasteiger charge is -2.21. The fourth-order valence-corrected chi connectivity index (χ4v) is 2.72. The maximum absolute atomic E-state index is 10.7. The van der Waals surface area contributed by atoms with Crippen LogP contribution in [-0.4, -0.2) is 12.8 Å². The summed E-state index contributed by atoms with van der Waals surface area (Å²) in [4.78, 5) is 13.7. The van der Waals surface area contributed by atoms with Crippen LogP contribution in [0.4, 0.5) is 10.7 Å². The largest absolute Gasteiger partial charge is 0.334 e. The summed E-state index contributed by atoms with van der Waals surface area (Å²) in [7, 11) is 0. The number of thiophene rings is 1. The Labute approximate surface area is 106 Å². The predicted molar refractivity (Wildman–Crippen MR) is 73.6 cm³/mol. The molecule has 0 atom stereocenters. The van der Waals surface area contributed by atoms with Crippen molar-refractivity contribution in [2.75, 3.05) is 11.4 Å². The van der Waals surface area contributed by atoms with Gasteiger partial charge in [0.1, 0.15) is 0 Å². The number of carbonyl (C=O) groups excluding carboxylic acids is 1. The Morgan fingerprint density at radius 1 is 1.29 bits per heavy atom. The van der Waals surface area contributed by atoms with Gasteiger partial charge in [-0.25, -0.2) is 0 Å². The molecule has 0 saturated heterocycles. The van der Waals surface area contributed by atoms with Gasteiger partial charge in [0.05, 0.1) is 9.88 Å². The minimum atomic E-state index is 0.770. The van der Waals surface area contributed by atoms with E-state index in [0.29, 0.717) is 0 Å². The van der Waals surface area contributed by atoms with Gasteiger partial charge in [0.25, 0.3) is 0 Å². The van der Waals surface area contributed by atoms with Crippen LogP contribution >= 0.6 is 11.3 Å². The van der Waals surface area contributed by atoms with E-state index in [1.807, 2.05) is 12.1 Å².